The summed E-state index contributed by atoms with van der Waals surface area (Å²) in [5.41, 5.74) is 1.92. The Balaban J connectivity index is 2.85. The van der Waals surface area contributed by atoms with Crippen LogP contribution in [-0.2, 0) is 0 Å². The van der Waals surface area contributed by atoms with Gasteiger partial charge in [-0.15, -0.1) is 0 Å². The Labute approximate surface area is 99.8 Å². The fourth-order valence-corrected chi connectivity index (χ4v) is 1.67. The number of carbonyl (C=O) groups is 1. The third kappa shape index (κ3) is 2.61. The highest BCUT2D eigenvalue weighted by Gasteiger charge is 2.08. The molecule has 0 heterocycles. The van der Waals surface area contributed by atoms with Gasteiger partial charge in [-0.25, -0.2) is 4.79 Å². The maximum Gasteiger partial charge on any atom is 0.336 e. The van der Waals surface area contributed by atoms with Crippen LogP contribution < -0.4 is 0 Å². The largest absolute Gasteiger partial charge is 0.478 e. The molecule has 1 N–H and O–H groups in total. The van der Waals surface area contributed by atoms with Crippen molar-refractivity contribution in [1.29, 1.82) is 0 Å². The summed E-state index contributed by atoms with van der Waals surface area (Å²) in [5.74, 6) is -0.917. The molecule has 0 unspecified atom stereocenters. The van der Waals surface area contributed by atoms with Gasteiger partial charge in [-0.3, -0.25) is 0 Å². The first-order valence-corrected chi connectivity index (χ1v) is 5.33. The zero-order valence-electron chi connectivity index (χ0n) is 9.21. The molecular weight excluding hydrogens is 212 g/mol. The fraction of sp³-hybridized carbons (Fsp3) is 0. The standard InChI is InChI=1S/C15H12O2/c16-15(17)14-11-7-3-5-9-12-8-4-1-2-6-10-13(12)14/h1-11H,(H,16,17). The van der Waals surface area contributed by atoms with E-state index in [4.69, 9.17) is 0 Å². The molecule has 84 valence electrons. The van der Waals surface area contributed by atoms with E-state index >= 15 is 0 Å². The second kappa shape index (κ2) is 5.12. The normalized spacial score (nSPS) is 9.65. The highest BCUT2D eigenvalue weighted by atomic mass is 16.4. The Morgan fingerprint density at radius 3 is 1.94 bits per heavy atom. The van der Waals surface area contributed by atoms with Gasteiger partial charge in [0.05, 0.1) is 5.56 Å². The SMILES string of the molecule is O=C(O)c1cccccc2ccccccc1-2. The lowest BCUT2D eigenvalue weighted by atomic mass is 10.0. The molecular formula is C15H12O2. The number of fused-ring (bicyclic) bond motifs is 1. The Bertz CT molecular complexity index is 556. The van der Waals surface area contributed by atoms with E-state index in [9.17, 15) is 9.90 Å². The molecule has 0 radical (unpaired) electrons. The summed E-state index contributed by atoms with van der Waals surface area (Å²) in [7, 11) is 0. The van der Waals surface area contributed by atoms with Crippen molar-refractivity contribution in [2.45, 2.75) is 0 Å². The molecule has 2 aliphatic carbocycles. The van der Waals surface area contributed by atoms with E-state index in [1.807, 2.05) is 54.6 Å². The van der Waals surface area contributed by atoms with E-state index in [1.54, 1.807) is 12.1 Å². The van der Waals surface area contributed by atoms with Crippen molar-refractivity contribution in [3.63, 3.8) is 0 Å². The highest BCUT2D eigenvalue weighted by molar-refractivity contribution is 5.95. The van der Waals surface area contributed by atoms with E-state index in [0.29, 0.717) is 5.56 Å². The number of aromatic carboxylic acids is 1. The third-order valence-electron chi connectivity index (χ3n) is 2.46. The predicted octanol–water partition coefficient (Wildman–Crippen LogP) is 3.61. The molecule has 0 fully saturated rings. The maximum atomic E-state index is 11.2. The van der Waals surface area contributed by atoms with Gasteiger partial charge in [-0.05, 0) is 17.2 Å². The van der Waals surface area contributed by atoms with E-state index in [0.717, 1.165) is 11.1 Å². The fourth-order valence-electron chi connectivity index (χ4n) is 1.67. The van der Waals surface area contributed by atoms with Crippen LogP contribution in [0.4, 0.5) is 0 Å². The molecule has 0 aromatic heterocycles. The topological polar surface area (TPSA) is 37.3 Å². The summed E-state index contributed by atoms with van der Waals surface area (Å²) in [4.78, 5) is 11.2. The van der Waals surface area contributed by atoms with Gasteiger partial charge in [0, 0.05) is 0 Å². The number of hydrogen-bond acceptors (Lipinski definition) is 1. The van der Waals surface area contributed by atoms with Crippen LogP contribution in [0.3, 0.4) is 0 Å². The van der Waals surface area contributed by atoms with Gasteiger partial charge in [-0.2, -0.15) is 0 Å². The lowest BCUT2D eigenvalue weighted by Crippen LogP contribution is -1.97. The van der Waals surface area contributed by atoms with Crippen molar-refractivity contribution in [3.05, 3.63) is 72.3 Å². The Hall–Kier alpha value is -2.35. The van der Waals surface area contributed by atoms with Gasteiger partial charge < -0.3 is 5.11 Å². The van der Waals surface area contributed by atoms with Gasteiger partial charge in [0.25, 0.3) is 0 Å². The first kappa shape index (κ1) is 11.1. The van der Waals surface area contributed by atoms with Gasteiger partial charge in [-0.1, -0.05) is 60.7 Å². The Morgan fingerprint density at radius 2 is 1.29 bits per heavy atom. The van der Waals surface area contributed by atoms with Gasteiger partial charge in [0.2, 0.25) is 0 Å². The number of hydrogen-bond donors (Lipinski definition) is 1. The molecule has 2 nitrogen and oxygen atoms in total. The Kier molecular flexibility index (Phi) is 3.36. The molecule has 2 rings (SSSR count). The van der Waals surface area contributed by atoms with Crippen LogP contribution in [0.5, 0.6) is 0 Å². The number of carboxylic acid groups (broad SMARTS) is 1. The summed E-state index contributed by atoms with van der Waals surface area (Å²) in [6.45, 7) is 0. The van der Waals surface area contributed by atoms with E-state index in [-0.39, 0.29) is 0 Å². The summed E-state index contributed by atoms with van der Waals surface area (Å²) in [5, 5.41) is 9.22. The monoisotopic (exact) mass is 224 g/mol. The molecule has 17 heavy (non-hydrogen) atoms. The zero-order valence-corrected chi connectivity index (χ0v) is 9.21. The molecule has 2 aliphatic rings. The minimum Gasteiger partial charge on any atom is -0.478 e. The minimum absolute atomic E-state index is 0.303. The lowest BCUT2D eigenvalue weighted by Gasteiger charge is -2.03. The average molecular weight is 224 g/mol. The molecule has 0 amide bonds. The molecule has 0 aromatic carbocycles. The quantitative estimate of drug-likeness (QED) is 0.803. The zero-order chi connectivity index (χ0) is 12.1. The van der Waals surface area contributed by atoms with Crippen molar-refractivity contribution >= 4 is 5.97 Å². The number of carboxylic acids is 1. The maximum absolute atomic E-state index is 11.2. The third-order valence-corrected chi connectivity index (χ3v) is 2.46. The molecule has 0 saturated heterocycles. The minimum atomic E-state index is -0.917. The predicted molar refractivity (Wildman–Crippen MR) is 67.7 cm³/mol. The molecule has 0 aromatic rings. The van der Waals surface area contributed by atoms with Crippen molar-refractivity contribution in [2.24, 2.45) is 0 Å². The molecule has 0 saturated carbocycles. The van der Waals surface area contributed by atoms with Crippen LogP contribution >= 0.6 is 0 Å². The summed E-state index contributed by atoms with van der Waals surface area (Å²) in [6, 6.07) is 20.2. The van der Waals surface area contributed by atoms with Crippen LogP contribution in [0.2, 0.25) is 0 Å². The van der Waals surface area contributed by atoms with Gasteiger partial charge in [0.1, 0.15) is 0 Å². The van der Waals surface area contributed by atoms with E-state index in [2.05, 4.69) is 0 Å². The van der Waals surface area contributed by atoms with Crippen molar-refractivity contribution < 1.29 is 9.90 Å². The Morgan fingerprint density at radius 1 is 0.765 bits per heavy atom. The summed E-state index contributed by atoms with van der Waals surface area (Å²) < 4.78 is 0. The van der Waals surface area contributed by atoms with Crippen LogP contribution in [0.15, 0.2) is 66.7 Å². The van der Waals surface area contributed by atoms with Gasteiger partial charge >= 0.3 is 5.97 Å². The van der Waals surface area contributed by atoms with Crippen LogP contribution in [0.25, 0.3) is 11.1 Å². The second-order valence-corrected chi connectivity index (χ2v) is 3.60. The molecule has 0 aliphatic heterocycles. The first-order chi connectivity index (χ1) is 8.29. The molecule has 0 atom stereocenters. The van der Waals surface area contributed by atoms with Crippen molar-refractivity contribution in [1.82, 2.24) is 0 Å². The second-order valence-electron chi connectivity index (χ2n) is 3.60. The van der Waals surface area contributed by atoms with E-state index in [1.165, 1.54) is 0 Å². The summed E-state index contributed by atoms with van der Waals surface area (Å²) >= 11 is 0. The molecule has 2 heteroatoms. The highest BCUT2D eigenvalue weighted by Crippen LogP contribution is 2.21. The summed E-state index contributed by atoms with van der Waals surface area (Å²) in [6.07, 6.45) is 0. The van der Waals surface area contributed by atoms with Crippen LogP contribution in [0, 0.1) is 0 Å². The lowest BCUT2D eigenvalue weighted by molar-refractivity contribution is 0.0698. The van der Waals surface area contributed by atoms with Crippen LogP contribution in [-0.4, -0.2) is 11.1 Å². The average Bonchev–Trinajstić information content (AvgIpc) is 2.24. The molecule has 0 bridgehead atoms. The van der Waals surface area contributed by atoms with Gasteiger partial charge in [0.15, 0.2) is 0 Å². The van der Waals surface area contributed by atoms with Crippen molar-refractivity contribution in [3.8, 4) is 11.1 Å². The smallest absolute Gasteiger partial charge is 0.336 e. The first-order valence-electron chi connectivity index (χ1n) is 5.33. The van der Waals surface area contributed by atoms with E-state index < -0.39 is 5.97 Å². The van der Waals surface area contributed by atoms with Crippen LogP contribution in [0.1, 0.15) is 10.4 Å². The van der Waals surface area contributed by atoms with Crippen molar-refractivity contribution in [2.75, 3.05) is 0 Å². The number of rotatable bonds is 1. The molecule has 0 spiro atoms.